The van der Waals surface area contributed by atoms with E-state index in [0.29, 0.717) is 22.2 Å². The molecule has 1 aromatic carbocycles. The molecule has 0 aliphatic carbocycles. The summed E-state index contributed by atoms with van der Waals surface area (Å²) in [6.07, 6.45) is 4.93. The molecule has 3 aromatic heterocycles. The Balaban J connectivity index is 1.51. The number of hydrogen-bond donors (Lipinski definition) is 2. The summed E-state index contributed by atoms with van der Waals surface area (Å²) >= 11 is 1.33. The number of nitrogens with one attached hydrogen (secondary N) is 2. The first-order valence-electron chi connectivity index (χ1n) is 8.04. The second-order valence-electron chi connectivity index (χ2n) is 5.69. The van der Waals surface area contributed by atoms with Crippen LogP contribution in [0, 0.1) is 0 Å². The summed E-state index contributed by atoms with van der Waals surface area (Å²) in [5.41, 5.74) is 1.86. The monoisotopic (exact) mass is 378 g/mol. The molecule has 0 aliphatic heterocycles. The van der Waals surface area contributed by atoms with Crippen molar-refractivity contribution in [1.29, 1.82) is 0 Å². The molecule has 0 unspecified atom stereocenters. The molecule has 134 valence electrons. The van der Waals surface area contributed by atoms with Crippen molar-refractivity contribution in [2.75, 3.05) is 10.6 Å². The minimum atomic E-state index is -0.296. The summed E-state index contributed by atoms with van der Waals surface area (Å²) in [7, 11) is 0. The molecular weight excluding hydrogens is 364 g/mol. The van der Waals surface area contributed by atoms with E-state index in [1.165, 1.54) is 24.5 Å². The van der Waals surface area contributed by atoms with Crippen molar-refractivity contribution in [3.05, 3.63) is 60.6 Å². The van der Waals surface area contributed by atoms with Gasteiger partial charge in [-0.1, -0.05) is 11.3 Å². The highest BCUT2D eigenvalue weighted by Crippen LogP contribution is 2.28. The zero-order valence-electron chi connectivity index (χ0n) is 14.2. The largest absolute Gasteiger partial charge is 0.326 e. The van der Waals surface area contributed by atoms with Gasteiger partial charge in [0.25, 0.3) is 5.91 Å². The van der Waals surface area contributed by atoms with Crippen LogP contribution in [0.4, 0.5) is 10.8 Å². The molecular formula is C18H14N6O2S. The lowest BCUT2D eigenvalue weighted by atomic mass is 10.2. The van der Waals surface area contributed by atoms with Crippen LogP contribution in [0.25, 0.3) is 16.0 Å². The number of aromatic nitrogens is 4. The first-order chi connectivity index (χ1) is 13.1. The maximum Gasteiger partial charge on any atom is 0.259 e. The fourth-order valence-electron chi connectivity index (χ4n) is 2.49. The van der Waals surface area contributed by atoms with E-state index in [9.17, 15) is 9.59 Å². The smallest absolute Gasteiger partial charge is 0.259 e. The number of amides is 2. The number of thiazole rings is 1. The van der Waals surface area contributed by atoms with Gasteiger partial charge < -0.3 is 5.32 Å². The third-order valence-electron chi connectivity index (χ3n) is 3.68. The van der Waals surface area contributed by atoms with Crippen molar-refractivity contribution in [2.45, 2.75) is 6.92 Å². The summed E-state index contributed by atoms with van der Waals surface area (Å²) in [5, 5.41) is 10.1. The molecule has 4 rings (SSSR count). The zero-order valence-corrected chi connectivity index (χ0v) is 15.0. The van der Waals surface area contributed by atoms with Gasteiger partial charge in [-0.2, -0.15) is 5.10 Å². The molecule has 27 heavy (non-hydrogen) atoms. The number of carbonyl (C=O) groups is 2. The van der Waals surface area contributed by atoms with Crippen molar-refractivity contribution < 1.29 is 9.59 Å². The molecule has 0 radical (unpaired) electrons. The van der Waals surface area contributed by atoms with Gasteiger partial charge in [0.1, 0.15) is 0 Å². The minimum absolute atomic E-state index is 0.140. The van der Waals surface area contributed by atoms with Crippen LogP contribution in [-0.2, 0) is 4.79 Å². The van der Waals surface area contributed by atoms with E-state index in [4.69, 9.17) is 0 Å². The Morgan fingerprint density at radius 2 is 2.04 bits per heavy atom. The molecule has 0 atom stereocenters. The second-order valence-corrected chi connectivity index (χ2v) is 6.72. The number of fused-ring (bicyclic) bond motifs is 1. The zero-order chi connectivity index (χ0) is 18.8. The first-order valence-corrected chi connectivity index (χ1v) is 8.86. The van der Waals surface area contributed by atoms with Gasteiger partial charge in [0.15, 0.2) is 10.9 Å². The van der Waals surface area contributed by atoms with Gasteiger partial charge >= 0.3 is 0 Å². The molecule has 3 heterocycles. The summed E-state index contributed by atoms with van der Waals surface area (Å²) < 4.78 is 2.48. The Morgan fingerprint density at radius 3 is 2.74 bits per heavy atom. The SMILES string of the molecule is CC(=O)Nc1ccc2nc(NC(=O)c3ccc(-n4cccn4)nc3)sc2c1. The van der Waals surface area contributed by atoms with E-state index in [0.717, 1.165) is 10.2 Å². The van der Waals surface area contributed by atoms with Crippen molar-refractivity contribution in [2.24, 2.45) is 0 Å². The average molecular weight is 378 g/mol. The van der Waals surface area contributed by atoms with Gasteiger partial charge in [0.2, 0.25) is 5.91 Å². The van der Waals surface area contributed by atoms with E-state index in [1.807, 2.05) is 6.07 Å². The Kier molecular flexibility index (Phi) is 4.35. The minimum Gasteiger partial charge on any atom is -0.326 e. The van der Waals surface area contributed by atoms with Crippen LogP contribution >= 0.6 is 11.3 Å². The van der Waals surface area contributed by atoms with Crippen LogP contribution in [0.5, 0.6) is 0 Å². The van der Waals surface area contributed by atoms with Crippen LogP contribution in [-0.4, -0.2) is 31.6 Å². The predicted octanol–water partition coefficient (Wildman–Crippen LogP) is 3.09. The number of benzene rings is 1. The van der Waals surface area contributed by atoms with Gasteiger partial charge in [-0.15, -0.1) is 0 Å². The molecule has 2 N–H and O–H groups in total. The Bertz CT molecular complexity index is 1120. The van der Waals surface area contributed by atoms with Gasteiger partial charge in [-0.25, -0.2) is 14.6 Å². The number of carbonyl (C=O) groups excluding carboxylic acids is 2. The summed E-state index contributed by atoms with van der Waals surface area (Å²) in [6, 6.07) is 10.6. The fraction of sp³-hybridized carbons (Fsp3) is 0.0556. The second kappa shape index (κ2) is 6.96. The normalized spacial score (nSPS) is 10.7. The Labute approximate surface area is 157 Å². The predicted molar refractivity (Wildman–Crippen MR) is 103 cm³/mol. The lowest BCUT2D eigenvalue weighted by Crippen LogP contribution is -2.12. The maximum atomic E-state index is 12.4. The van der Waals surface area contributed by atoms with E-state index in [1.54, 1.807) is 47.4 Å². The molecule has 9 heteroatoms. The summed E-state index contributed by atoms with van der Waals surface area (Å²) in [5.74, 6) is 0.191. The molecule has 4 aromatic rings. The highest BCUT2D eigenvalue weighted by atomic mass is 32.1. The van der Waals surface area contributed by atoms with Crippen LogP contribution in [0.1, 0.15) is 17.3 Å². The van der Waals surface area contributed by atoms with E-state index >= 15 is 0 Å². The molecule has 0 bridgehead atoms. The first kappa shape index (κ1) is 16.9. The molecule has 0 spiro atoms. The number of hydrogen-bond acceptors (Lipinski definition) is 6. The summed E-state index contributed by atoms with van der Waals surface area (Å²) in [4.78, 5) is 32.2. The number of pyridine rings is 1. The van der Waals surface area contributed by atoms with E-state index in [2.05, 4.69) is 25.7 Å². The highest BCUT2D eigenvalue weighted by Gasteiger charge is 2.11. The van der Waals surface area contributed by atoms with Crippen LogP contribution in [0.3, 0.4) is 0 Å². The third-order valence-corrected chi connectivity index (χ3v) is 4.61. The van der Waals surface area contributed by atoms with Crippen molar-refractivity contribution in [3.63, 3.8) is 0 Å². The Hall–Kier alpha value is -3.59. The lowest BCUT2D eigenvalue weighted by Gasteiger charge is -2.03. The Morgan fingerprint density at radius 1 is 1.15 bits per heavy atom. The number of nitrogens with zero attached hydrogens (tertiary/aromatic N) is 4. The molecule has 0 saturated heterocycles. The molecule has 8 nitrogen and oxygen atoms in total. The van der Waals surface area contributed by atoms with E-state index < -0.39 is 0 Å². The fourth-order valence-corrected chi connectivity index (χ4v) is 3.39. The standard InChI is InChI=1S/C18H14N6O2S/c1-11(25)21-13-4-5-14-15(9-13)27-18(22-14)23-17(26)12-3-6-16(19-10-12)24-8-2-7-20-24/h2-10H,1H3,(H,21,25)(H,22,23,26). The van der Waals surface area contributed by atoms with Gasteiger partial charge in [-0.05, 0) is 36.4 Å². The number of rotatable bonds is 4. The molecule has 0 aliphatic rings. The van der Waals surface area contributed by atoms with Crippen LogP contribution in [0.15, 0.2) is 55.0 Å². The molecule has 0 fully saturated rings. The maximum absolute atomic E-state index is 12.4. The van der Waals surface area contributed by atoms with Crippen molar-refractivity contribution >= 4 is 44.2 Å². The van der Waals surface area contributed by atoms with Gasteiger partial charge in [0.05, 0.1) is 15.8 Å². The third kappa shape index (κ3) is 3.67. The van der Waals surface area contributed by atoms with Crippen LogP contribution < -0.4 is 10.6 Å². The average Bonchev–Trinajstić information content (AvgIpc) is 3.30. The number of anilines is 2. The molecule has 2 amide bonds. The van der Waals surface area contributed by atoms with Crippen molar-refractivity contribution in [3.8, 4) is 5.82 Å². The van der Waals surface area contributed by atoms with E-state index in [-0.39, 0.29) is 11.8 Å². The topological polar surface area (TPSA) is 102 Å². The molecule has 0 saturated carbocycles. The summed E-state index contributed by atoms with van der Waals surface area (Å²) in [6.45, 7) is 1.45. The van der Waals surface area contributed by atoms with Gasteiger partial charge in [0, 0.05) is 31.2 Å². The van der Waals surface area contributed by atoms with Crippen LogP contribution in [0.2, 0.25) is 0 Å². The van der Waals surface area contributed by atoms with Crippen molar-refractivity contribution in [1.82, 2.24) is 19.7 Å². The van der Waals surface area contributed by atoms with Gasteiger partial charge in [-0.3, -0.25) is 14.9 Å². The highest BCUT2D eigenvalue weighted by molar-refractivity contribution is 7.22. The lowest BCUT2D eigenvalue weighted by molar-refractivity contribution is -0.114. The quantitative estimate of drug-likeness (QED) is 0.568.